The molecule has 102 valence electrons. The Labute approximate surface area is 90.2 Å². The minimum absolute atomic E-state index is 0.362. The first-order valence-electron chi connectivity index (χ1n) is 3.67. The number of hydrogen-bond donors (Lipinski definition) is 2. The summed E-state index contributed by atoms with van der Waals surface area (Å²) < 4.78 is 82.3. The molecule has 0 heterocycles. The molecule has 0 aromatic rings. The van der Waals surface area contributed by atoms with Gasteiger partial charge in [0, 0.05) is 0 Å². The summed E-state index contributed by atoms with van der Waals surface area (Å²) >= 11 is 0. The lowest BCUT2D eigenvalue weighted by atomic mass is 10.1. The highest BCUT2D eigenvalue weighted by Crippen LogP contribution is 2.46. The van der Waals surface area contributed by atoms with Gasteiger partial charge in [-0.1, -0.05) is 6.08 Å². The van der Waals surface area contributed by atoms with Crippen LogP contribution >= 0.6 is 0 Å². The Hall–Kier alpha value is -1.48. The van der Waals surface area contributed by atoms with E-state index in [2.05, 4.69) is 0 Å². The largest absolute Gasteiger partial charge is 0.503 e. The van der Waals surface area contributed by atoms with E-state index in [0.717, 1.165) is 6.92 Å². The van der Waals surface area contributed by atoms with E-state index in [1.165, 1.54) is 0 Å². The molecule has 10 heteroatoms. The molecule has 3 nitrogen and oxygen atoms in total. The molecule has 0 spiro atoms. The monoisotopic (exact) mass is 272 g/mol. The van der Waals surface area contributed by atoms with Crippen molar-refractivity contribution in [1.29, 1.82) is 0 Å². The summed E-state index contributed by atoms with van der Waals surface area (Å²) in [5.41, 5.74) is -5.26. The zero-order chi connectivity index (χ0) is 14.5. The van der Waals surface area contributed by atoms with E-state index in [1.54, 1.807) is 0 Å². The van der Waals surface area contributed by atoms with E-state index in [1.807, 2.05) is 0 Å². The number of alkyl halides is 7. The lowest BCUT2D eigenvalue weighted by Gasteiger charge is -2.26. The van der Waals surface area contributed by atoms with Crippen LogP contribution in [-0.4, -0.2) is 34.4 Å². The number of carbonyl (C=O) groups is 1. The number of hydrogen-bond acceptors (Lipinski definition) is 1. The van der Waals surface area contributed by atoms with E-state index in [4.69, 9.17) is 15.0 Å². The predicted octanol–water partition coefficient (Wildman–Crippen LogP) is 3.62. The van der Waals surface area contributed by atoms with Gasteiger partial charge in [0.1, 0.15) is 0 Å². The normalized spacial score (nSPS) is 13.2. The molecule has 0 fully saturated rings. The molecule has 0 saturated heterocycles. The molecule has 0 aliphatic carbocycles. The summed E-state index contributed by atoms with van der Waals surface area (Å²) in [6.45, 7) is 0.867. The van der Waals surface area contributed by atoms with E-state index >= 15 is 0 Å². The summed E-state index contributed by atoms with van der Waals surface area (Å²) in [5, 5.41) is 13.9. The molecule has 0 aliphatic rings. The minimum atomic E-state index is -5.99. The summed E-state index contributed by atoms with van der Waals surface area (Å²) in [4.78, 5) is 8.56. The van der Waals surface area contributed by atoms with Crippen molar-refractivity contribution in [2.75, 3.05) is 0 Å². The maximum atomic E-state index is 12.5. The minimum Gasteiger partial charge on any atom is -0.450 e. The molecule has 0 aliphatic heterocycles. The highest BCUT2D eigenvalue weighted by molar-refractivity contribution is 5.53. The van der Waals surface area contributed by atoms with Crippen molar-refractivity contribution >= 4 is 6.16 Å². The van der Waals surface area contributed by atoms with Crippen molar-refractivity contribution in [3.8, 4) is 0 Å². The van der Waals surface area contributed by atoms with Crippen molar-refractivity contribution in [1.82, 2.24) is 0 Å². The van der Waals surface area contributed by atoms with Gasteiger partial charge in [-0.15, -0.1) is 0 Å². The van der Waals surface area contributed by atoms with Crippen LogP contribution in [0.3, 0.4) is 0 Å². The van der Waals surface area contributed by atoms with Crippen molar-refractivity contribution in [3.05, 3.63) is 12.2 Å². The second-order valence-corrected chi connectivity index (χ2v) is 2.49. The van der Waals surface area contributed by atoms with Gasteiger partial charge < -0.3 is 10.2 Å². The molecule has 0 unspecified atom stereocenters. The van der Waals surface area contributed by atoms with Crippen LogP contribution in [0, 0.1) is 0 Å². The number of halogens is 7. The second-order valence-electron chi connectivity index (χ2n) is 2.49. The molecule has 0 atom stereocenters. The maximum absolute atomic E-state index is 12.5. The Morgan fingerprint density at radius 2 is 1.18 bits per heavy atom. The van der Waals surface area contributed by atoms with Crippen molar-refractivity contribution in [2.45, 2.75) is 24.9 Å². The Kier molecular flexibility index (Phi) is 6.03. The van der Waals surface area contributed by atoms with E-state index in [9.17, 15) is 30.7 Å². The van der Waals surface area contributed by atoms with E-state index in [-0.39, 0.29) is 0 Å². The van der Waals surface area contributed by atoms with Gasteiger partial charge in [-0.25, -0.2) is 9.18 Å². The third-order valence-electron chi connectivity index (χ3n) is 1.22. The lowest BCUT2D eigenvalue weighted by molar-refractivity contribution is -0.322. The maximum Gasteiger partial charge on any atom is 0.503 e. The van der Waals surface area contributed by atoms with Gasteiger partial charge in [-0.3, -0.25) is 0 Å². The SMILES string of the molecule is CC=CC(F)(C(F)(F)F)C(F)(F)F.O=C(O)O. The molecule has 0 aromatic heterocycles. The third kappa shape index (κ3) is 5.41. The van der Waals surface area contributed by atoms with Crippen LogP contribution in [0.15, 0.2) is 12.2 Å². The van der Waals surface area contributed by atoms with Gasteiger partial charge in [0.25, 0.3) is 0 Å². The summed E-state index contributed by atoms with van der Waals surface area (Å²) in [7, 11) is 0. The average molecular weight is 272 g/mol. The average Bonchev–Trinajstić information content (AvgIpc) is 1.98. The van der Waals surface area contributed by atoms with E-state index in [0.29, 0.717) is 6.08 Å². The first-order chi connectivity index (χ1) is 7.29. The highest BCUT2D eigenvalue weighted by atomic mass is 19.4. The number of allylic oxidation sites excluding steroid dienone is 2. The molecule has 0 rings (SSSR count). The van der Waals surface area contributed by atoms with Gasteiger partial charge in [-0.05, 0) is 13.0 Å². The molecule has 0 amide bonds. The molecule has 0 aromatic carbocycles. The molecule has 0 bridgehead atoms. The van der Waals surface area contributed by atoms with Gasteiger partial charge >= 0.3 is 24.2 Å². The first-order valence-corrected chi connectivity index (χ1v) is 3.67. The van der Waals surface area contributed by atoms with Crippen LogP contribution < -0.4 is 0 Å². The second kappa shape index (κ2) is 5.73. The molecular weight excluding hydrogens is 265 g/mol. The predicted molar refractivity (Wildman–Crippen MR) is 41.4 cm³/mol. The standard InChI is InChI=1S/C6H5F7.CH2O3/c1-2-3-4(7,5(8,9)10)6(11,12)13;2-1(3)4/h2-3H,1H3;(H2,2,3,4). The van der Waals surface area contributed by atoms with Crippen LogP contribution in [0.4, 0.5) is 35.5 Å². The molecule has 2 N–H and O–H groups in total. The van der Waals surface area contributed by atoms with Gasteiger partial charge in [0.15, 0.2) is 0 Å². The van der Waals surface area contributed by atoms with Gasteiger partial charge in [0.2, 0.25) is 0 Å². The first kappa shape index (κ1) is 17.9. The number of rotatable bonds is 1. The summed E-state index contributed by atoms with van der Waals surface area (Å²) in [6, 6.07) is 0. The van der Waals surface area contributed by atoms with Crippen LogP contribution in [0.1, 0.15) is 6.92 Å². The van der Waals surface area contributed by atoms with Gasteiger partial charge in [0.05, 0.1) is 0 Å². The molecule has 17 heavy (non-hydrogen) atoms. The van der Waals surface area contributed by atoms with Crippen molar-refractivity contribution in [2.24, 2.45) is 0 Å². The lowest BCUT2D eigenvalue weighted by Crippen LogP contribution is -2.51. The molecule has 0 saturated carbocycles. The fraction of sp³-hybridized carbons (Fsp3) is 0.571. The smallest absolute Gasteiger partial charge is 0.450 e. The van der Waals surface area contributed by atoms with Crippen LogP contribution in [0.25, 0.3) is 0 Å². The van der Waals surface area contributed by atoms with Crippen molar-refractivity contribution in [3.63, 3.8) is 0 Å². The van der Waals surface area contributed by atoms with Crippen LogP contribution in [-0.2, 0) is 0 Å². The molecular formula is C7H7F7O3. The summed E-state index contributed by atoms with van der Waals surface area (Å²) in [5.74, 6) is 0. The fourth-order valence-electron chi connectivity index (χ4n) is 0.579. The molecule has 0 radical (unpaired) electrons. The highest BCUT2D eigenvalue weighted by Gasteiger charge is 2.70. The van der Waals surface area contributed by atoms with Crippen LogP contribution in [0.2, 0.25) is 0 Å². The Balaban J connectivity index is 0. The Bertz CT molecular complexity index is 260. The summed E-state index contributed by atoms with van der Waals surface area (Å²) in [6.07, 6.45) is -14.0. The topological polar surface area (TPSA) is 57.5 Å². The number of carboxylic acid groups (broad SMARTS) is 2. The Morgan fingerprint density at radius 3 is 1.24 bits per heavy atom. The quantitative estimate of drug-likeness (QED) is 0.566. The third-order valence-corrected chi connectivity index (χ3v) is 1.22. The zero-order valence-electron chi connectivity index (χ0n) is 8.10. The zero-order valence-corrected chi connectivity index (χ0v) is 8.10. The van der Waals surface area contributed by atoms with Crippen molar-refractivity contribution < 1.29 is 45.7 Å². The van der Waals surface area contributed by atoms with Gasteiger partial charge in [-0.2, -0.15) is 26.3 Å². The Morgan fingerprint density at radius 1 is 0.941 bits per heavy atom. The fourth-order valence-corrected chi connectivity index (χ4v) is 0.579. The van der Waals surface area contributed by atoms with Crippen LogP contribution in [0.5, 0.6) is 0 Å². The van der Waals surface area contributed by atoms with E-state index < -0.39 is 30.3 Å².